The van der Waals surface area contributed by atoms with Crippen molar-refractivity contribution in [1.29, 1.82) is 0 Å². The van der Waals surface area contributed by atoms with E-state index < -0.39 is 5.54 Å². The van der Waals surface area contributed by atoms with Gasteiger partial charge in [-0.2, -0.15) is 0 Å². The molecule has 0 spiro atoms. The molecule has 6 heteroatoms. The number of rotatable bonds is 6. The second-order valence-electron chi connectivity index (χ2n) is 8.96. The largest absolute Gasteiger partial charge is 0.494 e. The Hall–Kier alpha value is -3.38. The number of nitrogens with zero attached hydrogens (tertiary/aromatic N) is 2. The topological polar surface area (TPSA) is 61.9 Å². The van der Waals surface area contributed by atoms with Crippen LogP contribution in [0.4, 0.5) is 4.79 Å². The van der Waals surface area contributed by atoms with Crippen molar-refractivity contribution in [2.45, 2.75) is 38.3 Å². The highest BCUT2D eigenvalue weighted by Gasteiger charge is 2.50. The molecule has 0 bridgehead atoms. The van der Waals surface area contributed by atoms with E-state index in [4.69, 9.17) is 4.74 Å². The maximum absolute atomic E-state index is 13.5. The van der Waals surface area contributed by atoms with Crippen molar-refractivity contribution in [3.63, 3.8) is 0 Å². The van der Waals surface area contributed by atoms with Gasteiger partial charge in [-0.1, -0.05) is 48.5 Å². The Morgan fingerprint density at radius 3 is 2.55 bits per heavy atom. The predicted molar refractivity (Wildman–Crippen MR) is 128 cm³/mol. The highest BCUT2D eigenvalue weighted by atomic mass is 16.5. The van der Waals surface area contributed by atoms with Crippen LogP contribution in [0.2, 0.25) is 0 Å². The Kier molecular flexibility index (Phi) is 5.54. The number of urea groups is 1. The van der Waals surface area contributed by atoms with E-state index >= 15 is 0 Å². The van der Waals surface area contributed by atoms with Gasteiger partial charge in [0.1, 0.15) is 11.3 Å². The van der Waals surface area contributed by atoms with E-state index in [0.29, 0.717) is 6.61 Å². The van der Waals surface area contributed by atoms with Crippen LogP contribution in [0.1, 0.15) is 43.9 Å². The van der Waals surface area contributed by atoms with E-state index in [1.807, 2.05) is 61.5 Å². The zero-order valence-electron chi connectivity index (χ0n) is 19.1. The minimum atomic E-state index is -1.07. The molecule has 2 aliphatic rings. The number of fused-ring (bicyclic) bond motifs is 1. The number of benzene rings is 3. The van der Waals surface area contributed by atoms with Crippen LogP contribution < -0.4 is 10.1 Å². The summed E-state index contributed by atoms with van der Waals surface area (Å²) in [7, 11) is 0. The number of nitrogens with one attached hydrogen (secondary N) is 1. The van der Waals surface area contributed by atoms with Gasteiger partial charge in [0.05, 0.1) is 13.3 Å². The molecule has 2 aliphatic heterocycles. The molecule has 0 aromatic heterocycles. The van der Waals surface area contributed by atoms with Crippen LogP contribution in [0, 0.1) is 0 Å². The van der Waals surface area contributed by atoms with Crippen molar-refractivity contribution in [2.24, 2.45) is 0 Å². The number of likely N-dealkylation sites (tertiary alicyclic amines) is 1. The summed E-state index contributed by atoms with van der Waals surface area (Å²) < 4.78 is 5.56. The van der Waals surface area contributed by atoms with Gasteiger partial charge in [0.2, 0.25) is 0 Å². The number of imide groups is 1. The predicted octanol–water partition coefficient (Wildman–Crippen LogP) is 4.80. The molecule has 6 nitrogen and oxygen atoms in total. The summed E-state index contributed by atoms with van der Waals surface area (Å²) in [5, 5.41) is 5.11. The number of hydrogen-bond acceptors (Lipinski definition) is 4. The second-order valence-corrected chi connectivity index (χ2v) is 8.96. The number of carbonyl (C=O) groups is 2. The molecule has 2 heterocycles. The summed E-state index contributed by atoms with van der Waals surface area (Å²) in [6, 6.07) is 21.9. The lowest BCUT2D eigenvalue weighted by atomic mass is 9.90. The maximum atomic E-state index is 13.5. The van der Waals surface area contributed by atoms with Crippen molar-refractivity contribution in [3.8, 4) is 5.75 Å². The van der Waals surface area contributed by atoms with Gasteiger partial charge in [0, 0.05) is 12.6 Å². The first-order valence-electron chi connectivity index (χ1n) is 11.6. The number of ether oxygens (including phenoxy) is 1. The summed E-state index contributed by atoms with van der Waals surface area (Å²) in [5.74, 6) is 0.645. The quantitative estimate of drug-likeness (QED) is 0.556. The lowest BCUT2D eigenvalue weighted by molar-refractivity contribution is -0.132. The van der Waals surface area contributed by atoms with E-state index in [2.05, 4.69) is 22.3 Å². The van der Waals surface area contributed by atoms with Crippen molar-refractivity contribution in [3.05, 3.63) is 77.9 Å². The van der Waals surface area contributed by atoms with Crippen LogP contribution in [0.5, 0.6) is 5.75 Å². The molecule has 0 radical (unpaired) electrons. The molecular weight excluding hydrogens is 414 g/mol. The van der Waals surface area contributed by atoms with Gasteiger partial charge < -0.3 is 10.1 Å². The molecule has 2 atom stereocenters. The SMILES string of the molecule is CCOc1ccc([C@H]2CCCN2CN2C(=O)N[C@@](C)(c3ccc4ccccc4c3)C2=O)cc1. The summed E-state index contributed by atoms with van der Waals surface area (Å²) in [6.07, 6.45) is 2.03. The van der Waals surface area contributed by atoms with Crippen molar-refractivity contribution in [2.75, 3.05) is 19.8 Å². The Morgan fingerprint density at radius 2 is 1.79 bits per heavy atom. The van der Waals surface area contributed by atoms with E-state index in [0.717, 1.165) is 41.5 Å². The van der Waals surface area contributed by atoms with Gasteiger partial charge in [-0.3, -0.25) is 9.69 Å². The molecule has 0 unspecified atom stereocenters. The van der Waals surface area contributed by atoms with Gasteiger partial charge in [-0.25, -0.2) is 9.69 Å². The number of carbonyl (C=O) groups excluding carboxylic acids is 2. The van der Waals surface area contributed by atoms with E-state index in [1.54, 1.807) is 6.92 Å². The highest BCUT2D eigenvalue weighted by Crippen LogP contribution is 2.35. The smallest absolute Gasteiger partial charge is 0.326 e. The Labute approximate surface area is 194 Å². The molecule has 2 fully saturated rings. The Balaban J connectivity index is 1.36. The van der Waals surface area contributed by atoms with Crippen LogP contribution in [0.15, 0.2) is 66.7 Å². The molecule has 170 valence electrons. The molecule has 3 aromatic carbocycles. The fourth-order valence-electron chi connectivity index (χ4n) is 5.03. The van der Waals surface area contributed by atoms with E-state index in [1.165, 1.54) is 10.5 Å². The average Bonchev–Trinajstić information content (AvgIpc) is 3.38. The molecular formula is C27H29N3O3. The van der Waals surface area contributed by atoms with Crippen LogP contribution in [-0.2, 0) is 10.3 Å². The van der Waals surface area contributed by atoms with Crippen LogP contribution in [0.25, 0.3) is 10.8 Å². The van der Waals surface area contributed by atoms with E-state index in [9.17, 15) is 9.59 Å². The van der Waals surface area contributed by atoms with E-state index in [-0.39, 0.29) is 24.6 Å². The Morgan fingerprint density at radius 1 is 1.03 bits per heavy atom. The standard InChI is InChI=1S/C27H29N3O3/c1-3-33-23-14-11-20(12-15-23)24-9-6-16-29(24)18-30-25(31)27(2,28-26(30)32)22-13-10-19-7-4-5-8-21(19)17-22/h4-5,7-8,10-15,17,24H,3,6,9,16,18H2,1-2H3,(H,28,32)/t24-,27+/m1/s1. The second kappa shape index (κ2) is 8.52. The first-order chi connectivity index (χ1) is 16.0. The average molecular weight is 444 g/mol. The maximum Gasteiger partial charge on any atom is 0.326 e. The first kappa shape index (κ1) is 21.5. The zero-order valence-corrected chi connectivity index (χ0v) is 19.1. The van der Waals surface area contributed by atoms with Crippen LogP contribution in [0.3, 0.4) is 0 Å². The summed E-state index contributed by atoms with van der Waals surface area (Å²) in [6.45, 7) is 5.53. The lowest BCUT2D eigenvalue weighted by Gasteiger charge is -2.29. The molecule has 3 aromatic rings. The molecule has 0 aliphatic carbocycles. The lowest BCUT2D eigenvalue weighted by Crippen LogP contribution is -2.43. The van der Waals surface area contributed by atoms with Gasteiger partial charge in [0.15, 0.2) is 0 Å². The third-order valence-corrected chi connectivity index (χ3v) is 6.86. The highest BCUT2D eigenvalue weighted by molar-refractivity contribution is 6.07. The summed E-state index contributed by atoms with van der Waals surface area (Å²) in [5.41, 5.74) is 0.905. The van der Waals surface area contributed by atoms with Crippen LogP contribution >= 0.6 is 0 Å². The third-order valence-electron chi connectivity index (χ3n) is 6.86. The minimum Gasteiger partial charge on any atom is -0.494 e. The molecule has 2 saturated heterocycles. The van der Waals surface area contributed by atoms with Gasteiger partial charge in [-0.05, 0) is 66.8 Å². The van der Waals surface area contributed by atoms with Gasteiger partial charge >= 0.3 is 6.03 Å². The molecule has 1 N–H and O–H groups in total. The fraction of sp³-hybridized carbons (Fsp3) is 0.333. The monoisotopic (exact) mass is 443 g/mol. The number of hydrogen-bond donors (Lipinski definition) is 1. The van der Waals surface area contributed by atoms with Crippen molar-refractivity contribution < 1.29 is 14.3 Å². The van der Waals surface area contributed by atoms with Crippen molar-refractivity contribution >= 4 is 22.7 Å². The van der Waals surface area contributed by atoms with Gasteiger partial charge in [-0.15, -0.1) is 0 Å². The Bertz CT molecular complexity index is 1190. The van der Waals surface area contributed by atoms with Crippen LogP contribution in [-0.4, -0.2) is 41.6 Å². The number of amides is 3. The fourth-order valence-corrected chi connectivity index (χ4v) is 5.03. The third kappa shape index (κ3) is 3.85. The molecule has 33 heavy (non-hydrogen) atoms. The minimum absolute atomic E-state index is 0.175. The molecule has 0 saturated carbocycles. The first-order valence-corrected chi connectivity index (χ1v) is 11.6. The molecule has 5 rings (SSSR count). The van der Waals surface area contributed by atoms with Gasteiger partial charge in [0.25, 0.3) is 5.91 Å². The summed E-state index contributed by atoms with van der Waals surface area (Å²) >= 11 is 0. The zero-order chi connectivity index (χ0) is 23.0. The normalized spacial score (nSPS) is 23.3. The molecule has 3 amide bonds. The van der Waals surface area contributed by atoms with Crippen molar-refractivity contribution in [1.82, 2.24) is 15.1 Å². The summed E-state index contributed by atoms with van der Waals surface area (Å²) in [4.78, 5) is 30.0.